The Hall–Kier alpha value is -7.41. The summed E-state index contributed by atoms with van der Waals surface area (Å²) in [6, 6.07) is 8.92. The summed E-state index contributed by atoms with van der Waals surface area (Å²) >= 11 is 0. The van der Waals surface area contributed by atoms with Crippen LogP contribution in [0.2, 0.25) is 0 Å². The van der Waals surface area contributed by atoms with Crippen LogP contribution in [-0.4, -0.2) is 306 Å². The van der Waals surface area contributed by atoms with Gasteiger partial charge in [-0.3, -0.25) is 34.8 Å². The number of hydrogen-bond acceptors (Lipinski definition) is 28. The van der Waals surface area contributed by atoms with Crippen LogP contribution in [0, 0.1) is 10.8 Å². The van der Waals surface area contributed by atoms with E-state index < -0.39 is 215 Å². The Bertz CT molecular complexity index is 3100. The summed E-state index contributed by atoms with van der Waals surface area (Å²) in [5, 5.41) is 176. The highest BCUT2D eigenvalue weighted by atomic mass is 16.7. The van der Waals surface area contributed by atoms with Crippen molar-refractivity contribution < 1.29 is 124 Å². The molecule has 0 aliphatic carbocycles. The molecule has 535 valence electrons. The van der Waals surface area contributed by atoms with Gasteiger partial charge in [-0.1, -0.05) is 61.5 Å². The van der Waals surface area contributed by atoms with Gasteiger partial charge in [-0.2, -0.15) is 0 Å². The fourth-order valence-corrected chi connectivity index (χ4v) is 11.6. The lowest BCUT2D eigenvalue weighted by Crippen LogP contribution is -2.69. The lowest BCUT2D eigenvalue weighted by molar-refractivity contribution is -0.353. The predicted molar refractivity (Wildman–Crippen MR) is 330 cm³/mol. The summed E-state index contributed by atoms with van der Waals surface area (Å²) < 4.78 is 40.3. The van der Waals surface area contributed by atoms with E-state index in [2.05, 4.69) is 37.2 Å². The number of nitrogens with two attached hydrogens (primary N) is 1. The smallest absolute Gasteiger partial charge is 0.246 e. The van der Waals surface area contributed by atoms with E-state index in [0.717, 1.165) is 10.5 Å². The average Bonchev–Trinajstić information content (AvgIpc) is 1.78. The molecule has 5 saturated heterocycles. The molecule has 0 spiro atoms. The predicted octanol–water partition coefficient (Wildman–Crippen LogP) is -9.75. The zero-order valence-electron chi connectivity index (χ0n) is 52.5. The number of carbonyl (C=O) groups excluding carboxylic acids is 5. The van der Waals surface area contributed by atoms with Gasteiger partial charge in [0, 0.05) is 25.4 Å². The van der Waals surface area contributed by atoms with E-state index >= 15 is 0 Å². The molecule has 97 heavy (non-hydrogen) atoms. The monoisotopic (exact) mass is 1370 g/mol. The summed E-state index contributed by atoms with van der Waals surface area (Å²) in [6.07, 6.45) is -29.8. The maximum atomic E-state index is 15.0. The van der Waals surface area contributed by atoms with Gasteiger partial charge in [0.05, 0.1) is 57.8 Å². The van der Waals surface area contributed by atoms with Gasteiger partial charge >= 0.3 is 0 Å². The quantitative estimate of drug-likeness (QED) is 0.0284. The molecule has 36 nitrogen and oxygen atoms in total. The van der Waals surface area contributed by atoms with Gasteiger partial charge in [-0.05, 0) is 47.9 Å². The standard InChI is InChI=1S/C61H86N11O25/c1-3-92-31-13-11-28(12-14-31)24-91-25-38-45(80)47(82)50(85)59(96-38)97-52-37(23-76)95-58(51(86)48(52)83)93-32-15-9-27(10-16-32)17-33(68-54(88)39(62)26(2)29-7-5-4-6-8-29)53(87)70-40(42(77)34-18-65-60(63)69-34)56(90)71-41(55(89)67-30(20-73)21-74)43(78)35-19-66-61(64)72(35)57-49(84)46(81)44(79)36(22-75)94-57/h4-16,26,30,33-52,57-59,73,75-86H,3,17-20,22-25,62H2,1-2H3,(H2,64,66)(H,67,89)(H,68,88)(H,70,87)(H,71,90)(H3,63,65,69). The molecule has 1 radical (unpaired) electrons. The molecule has 3 aromatic rings. The minimum Gasteiger partial charge on any atom is -0.494 e. The summed E-state index contributed by atoms with van der Waals surface area (Å²) in [7, 11) is 0. The second-order valence-corrected chi connectivity index (χ2v) is 23.9. The highest BCUT2D eigenvalue weighted by Crippen LogP contribution is 2.33. The van der Waals surface area contributed by atoms with Crippen molar-refractivity contribution >= 4 is 41.8 Å². The van der Waals surface area contributed by atoms with Crippen LogP contribution in [0.1, 0.15) is 36.5 Å². The van der Waals surface area contributed by atoms with Crippen LogP contribution in [0.5, 0.6) is 11.5 Å². The normalized spacial score (nSPS) is 31.3. The summed E-state index contributed by atoms with van der Waals surface area (Å²) in [5.74, 6) is -5.89. The van der Waals surface area contributed by atoms with Gasteiger partial charge in [0.2, 0.25) is 36.2 Å². The molecule has 5 heterocycles. The molecule has 25 unspecified atom stereocenters. The van der Waals surface area contributed by atoms with Crippen LogP contribution in [0.4, 0.5) is 0 Å². The van der Waals surface area contributed by atoms with Crippen LogP contribution < -0.4 is 52.4 Å². The zero-order chi connectivity index (χ0) is 70.5. The van der Waals surface area contributed by atoms with Crippen LogP contribution in [-0.2, 0) is 60.7 Å². The van der Waals surface area contributed by atoms with Gasteiger partial charge in [0.1, 0.15) is 121 Å². The third-order valence-corrected chi connectivity index (χ3v) is 17.3. The van der Waals surface area contributed by atoms with Gasteiger partial charge in [-0.25, -0.2) is 0 Å². The number of aliphatic hydroxyl groups excluding tert-OH is 13. The van der Waals surface area contributed by atoms with Gasteiger partial charge < -0.3 is 147 Å². The molecule has 24 N–H and O–H groups in total. The van der Waals surface area contributed by atoms with Crippen LogP contribution in [0.15, 0.2) is 78.9 Å². The number of amides is 4. The van der Waals surface area contributed by atoms with Crippen molar-refractivity contribution in [2.75, 3.05) is 46.1 Å². The summed E-state index contributed by atoms with van der Waals surface area (Å²) in [6.45, 7) is 0.223. The maximum absolute atomic E-state index is 15.0. The number of ether oxygens (including phenoxy) is 7. The van der Waals surface area contributed by atoms with Crippen molar-refractivity contribution in [2.45, 2.75) is 179 Å². The number of guanidine groups is 2. The van der Waals surface area contributed by atoms with Crippen LogP contribution in [0.3, 0.4) is 0 Å². The molecule has 25 atom stereocenters. The average molecular weight is 1370 g/mol. The number of nitrogens with one attached hydrogen (secondary N) is 9. The third kappa shape index (κ3) is 18.1. The molecule has 0 saturated carbocycles. The van der Waals surface area contributed by atoms with Gasteiger partial charge in [0.25, 0.3) is 0 Å². The van der Waals surface area contributed by atoms with Crippen molar-refractivity contribution in [2.24, 2.45) is 5.73 Å². The van der Waals surface area contributed by atoms with Gasteiger partial charge in [0.15, 0.2) is 24.4 Å². The fraction of sp³-hybridized carbons (Fsp3) is 0.590. The molecule has 0 aromatic heterocycles. The summed E-state index contributed by atoms with van der Waals surface area (Å²) in [5.41, 5.74) is 8.15. The Morgan fingerprint density at radius 2 is 1.27 bits per heavy atom. The second kappa shape index (κ2) is 34.4. The lowest BCUT2D eigenvalue weighted by atomic mass is 9.93. The summed E-state index contributed by atoms with van der Waals surface area (Å²) in [4.78, 5) is 70.9. The third-order valence-electron chi connectivity index (χ3n) is 17.3. The molecule has 5 fully saturated rings. The van der Waals surface area contributed by atoms with Gasteiger partial charge in [-0.15, -0.1) is 0 Å². The van der Waals surface area contributed by atoms with Crippen molar-refractivity contribution in [3.05, 3.63) is 95.6 Å². The minimum atomic E-state index is -2.29. The van der Waals surface area contributed by atoms with E-state index in [4.69, 9.17) is 49.7 Å². The van der Waals surface area contributed by atoms with E-state index in [1.54, 1.807) is 61.5 Å². The molecule has 5 aliphatic rings. The first-order valence-electron chi connectivity index (χ1n) is 31.2. The fourth-order valence-electron chi connectivity index (χ4n) is 11.6. The first kappa shape index (κ1) is 75.4. The molecular weight excluding hydrogens is 1290 g/mol. The highest BCUT2D eigenvalue weighted by molar-refractivity contribution is 5.96. The Balaban J connectivity index is 1.00. The van der Waals surface area contributed by atoms with E-state index in [1.807, 2.05) is 6.92 Å². The number of rotatable bonds is 31. The number of benzene rings is 3. The molecular formula is C61H86N11O25. The van der Waals surface area contributed by atoms with E-state index in [9.17, 15) is 90.4 Å². The Labute approximate surface area is 554 Å². The number of carbonyl (C=O) groups is 4. The minimum absolute atomic E-state index is 0.0437. The molecule has 36 heteroatoms. The first-order chi connectivity index (χ1) is 46.3. The highest BCUT2D eigenvalue weighted by Gasteiger charge is 2.54. The van der Waals surface area contributed by atoms with Crippen molar-refractivity contribution in [3.63, 3.8) is 0 Å². The molecule has 5 aliphatic heterocycles. The molecule has 4 amide bonds. The van der Waals surface area contributed by atoms with Crippen LogP contribution >= 0.6 is 0 Å². The Morgan fingerprint density at radius 1 is 0.670 bits per heavy atom. The zero-order valence-corrected chi connectivity index (χ0v) is 52.5. The number of aliphatic hydroxyl groups is 13. The van der Waals surface area contributed by atoms with Crippen molar-refractivity contribution in [1.29, 1.82) is 10.8 Å². The van der Waals surface area contributed by atoms with Crippen molar-refractivity contribution in [3.8, 4) is 11.5 Å². The number of hydrogen-bond donors (Lipinski definition) is 23. The number of nitrogens with zero attached hydrogens (tertiary/aromatic N) is 1. The van der Waals surface area contributed by atoms with E-state index in [1.165, 1.54) is 30.6 Å². The largest absolute Gasteiger partial charge is 0.494 e. The molecule has 0 bridgehead atoms. The van der Waals surface area contributed by atoms with E-state index in [-0.39, 0.29) is 37.0 Å². The van der Waals surface area contributed by atoms with Crippen LogP contribution in [0.25, 0.3) is 0 Å². The van der Waals surface area contributed by atoms with Crippen molar-refractivity contribution in [1.82, 2.24) is 42.1 Å². The second-order valence-electron chi connectivity index (χ2n) is 23.9. The Morgan fingerprint density at radius 3 is 1.90 bits per heavy atom. The SMILES string of the molecule is CCOc1ccc(COCC2OC(OC3C(CO)OC(Oc4ccc(CC(NC(=O)C(N)C(C)c5ccccc5)C(=O)NC(C(=O)NC(C(=O)NC([C]=O)CO)C(O)C5CNC(=N)N5C5OC(CO)C(O)C(O)C5O)C(O)C5CNC(=N)N5)cc4)C(O)C3O)C(O)C(O)C2O)cc1. The maximum Gasteiger partial charge on any atom is 0.246 e. The Kier molecular flexibility index (Phi) is 26.7. The molecule has 8 rings (SSSR count). The first-order valence-corrected chi connectivity index (χ1v) is 31.2. The lowest BCUT2D eigenvalue weighted by Gasteiger charge is -2.46. The van der Waals surface area contributed by atoms with E-state index in [0.29, 0.717) is 17.9 Å². The molecule has 3 aromatic carbocycles. The topological polar surface area (TPSA) is 574 Å².